The summed E-state index contributed by atoms with van der Waals surface area (Å²) in [4.78, 5) is 9.37. The molecule has 0 aliphatic rings. The van der Waals surface area contributed by atoms with Crippen LogP contribution >= 0.6 is 7.91 Å². The molecule has 1 atom stereocenters. The van der Waals surface area contributed by atoms with Crippen molar-refractivity contribution >= 4 is 7.91 Å². The normalized spacial score (nSPS) is 15.1. The molecule has 0 aliphatic carbocycles. The van der Waals surface area contributed by atoms with Crippen LogP contribution < -0.4 is 4.89 Å². The second-order valence-corrected chi connectivity index (χ2v) is 4.54. The van der Waals surface area contributed by atoms with E-state index in [0.29, 0.717) is 0 Å². The summed E-state index contributed by atoms with van der Waals surface area (Å²) >= 11 is 0. The highest BCUT2D eigenvalue weighted by atomic mass is 31.2. The topological polar surface area (TPSA) is 49.4 Å². The largest absolute Gasteiger partial charge is 0.753 e. The smallest absolute Gasteiger partial charge is 0.307 e. The average Bonchev–Trinajstić information content (AvgIpc) is 2.16. The Morgan fingerprint density at radius 2 is 1.53 bits per heavy atom. The van der Waals surface area contributed by atoms with Crippen LogP contribution in [0.3, 0.4) is 0 Å². The van der Waals surface area contributed by atoms with E-state index in [1.807, 2.05) is 0 Å². The Bertz CT molecular complexity index is 184. The van der Waals surface area contributed by atoms with Gasteiger partial charge in [-0.2, -0.15) is 4.20 Å². The van der Waals surface area contributed by atoms with Crippen molar-refractivity contribution in [2.45, 2.75) is 27.7 Å². The monoisotopic (exact) mass is 243 g/mol. The fourth-order valence-electron chi connectivity index (χ4n) is 0.825. The Hall–Kier alpha value is 0.0400. The van der Waals surface area contributed by atoms with Crippen LogP contribution in [0, 0.1) is 0 Å². The lowest BCUT2D eigenvalue weighted by Crippen LogP contribution is -2.42. The maximum Gasteiger partial charge on any atom is 0.307 e. The van der Waals surface area contributed by atoms with Gasteiger partial charge in [-0.25, -0.2) is 0 Å². The first-order valence-electron chi connectivity index (χ1n) is 5.23. The Morgan fingerprint density at radius 1 is 1.20 bits per heavy atom. The van der Waals surface area contributed by atoms with Gasteiger partial charge in [0.15, 0.2) is 0 Å². The van der Waals surface area contributed by atoms with E-state index >= 15 is 0 Å². The SMILES string of the molecule is CCOP(=O)([O-])F.CC[N+](C)(CC)CC. The Kier molecular flexibility index (Phi) is 9.56. The van der Waals surface area contributed by atoms with E-state index in [2.05, 4.69) is 32.3 Å². The minimum Gasteiger partial charge on any atom is -0.753 e. The predicted octanol–water partition coefficient (Wildman–Crippen LogP) is 1.95. The van der Waals surface area contributed by atoms with Gasteiger partial charge in [-0.3, -0.25) is 4.57 Å². The molecule has 94 valence electrons. The predicted molar refractivity (Wildman–Crippen MR) is 58.1 cm³/mol. The van der Waals surface area contributed by atoms with Gasteiger partial charge in [-0.1, -0.05) is 0 Å². The van der Waals surface area contributed by atoms with E-state index in [0.717, 1.165) is 0 Å². The summed E-state index contributed by atoms with van der Waals surface area (Å²) in [6.07, 6.45) is 0. The molecule has 0 aromatic rings. The third-order valence-corrected chi connectivity index (χ3v) is 3.14. The summed E-state index contributed by atoms with van der Waals surface area (Å²) in [7, 11) is -2.62. The Balaban J connectivity index is 0. The van der Waals surface area contributed by atoms with Crippen LogP contribution in [-0.4, -0.2) is 37.8 Å². The van der Waals surface area contributed by atoms with Gasteiger partial charge in [-0.15, -0.1) is 0 Å². The molecule has 0 fully saturated rings. The van der Waals surface area contributed by atoms with E-state index in [9.17, 15) is 13.7 Å². The summed E-state index contributed by atoms with van der Waals surface area (Å²) in [6.45, 7) is 11.8. The van der Waals surface area contributed by atoms with Gasteiger partial charge < -0.3 is 13.9 Å². The highest BCUT2D eigenvalue weighted by Crippen LogP contribution is 2.37. The van der Waals surface area contributed by atoms with Crippen molar-refractivity contribution in [2.75, 3.05) is 33.3 Å². The summed E-state index contributed by atoms with van der Waals surface area (Å²) in [6, 6.07) is 0. The molecule has 0 aromatic carbocycles. The fraction of sp³-hybridized carbons (Fsp3) is 1.00. The van der Waals surface area contributed by atoms with Gasteiger partial charge in [0.2, 0.25) is 0 Å². The Morgan fingerprint density at radius 3 is 1.53 bits per heavy atom. The summed E-state index contributed by atoms with van der Waals surface area (Å²) < 4.78 is 25.3. The van der Waals surface area contributed by atoms with E-state index in [1.165, 1.54) is 31.0 Å². The van der Waals surface area contributed by atoms with Crippen molar-refractivity contribution in [3.63, 3.8) is 0 Å². The van der Waals surface area contributed by atoms with Crippen molar-refractivity contribution in [1.29, 1.82) is 0 Å². The highest BCUT2D eigenvalue weighted by Gasteiger charge is 2.10. The highest BCUT2D eigenvalue weighted by molar-refractivity contribution is 7.45. The molecule has 0 saturated carbocycles. The number of hydrogen-bond acceptors (Lipinski definition) is 3. The van der Waals surface area contributed by atoms with Gasteiger partial charge in [0.05, 0.1) is 33.3 Å². The zero-order valence-corrected chi connectivity index (χ0v) is 11.2. The third-order valence-electron chi connectivity index (χ3n) is 2.57. The molecule has 0 aliphatic heterocycles. The van der Waals surface area contributed by atoms with Crippen molar-refractivity contribution in [2.24, 2.45) is 0 Å². The van der Waals surface area contributed by atoms with Crippen molar-refractivity contribution in [3.05, 3.63) is 0 Å². The molecule has 0 N–H and O–H groups in total. The van der Waals surface area contributed by atoms with Crippen LogP contribution in [0.25, 0.3) is 0 Å². The van der Waals surface area contributed by atoms with Crippen LogP contribution in [-0.2, 0) is 9.09 Å². The summed E-state index contributed by atoms with van der Waals surface area (Å²) in [5, 5.41) is 0. The molecule has 6 heteroatoms. The molecule has 0 heterocycles. The van der Waals surface area contributed by atoms with Gasteiger partial charge in [0.25, 0.3) is 0 Å². The molecular formula is C9H23FNO3P. The van der Waals surface area contributed by atoms with Gasteiger partial charge in [0.1, 0.15) is 0 Å². The number of rotatable bonds is 5. The molecule has 0 spiro atoms. The number of quaternary nitrogens is 1. The molecular weight excluding hydrogens is 220 g/mol. The van der Waals surface area contributed by atoms with E-state index in [1.54, 1.807) is 0 Å². The van der Waals surface area contributed by atoms with Gasteiger partial charge in [-0.05, 0) is 27.7 Å². The number of nitrogens with zero attached hydrogens (tertiary/aromatic N) is 1. The molecule has 0 saturated heterocycles. The first-order chi connectivity index (χ1) is 6.74. The molecule has 15 heavy (non-hydrogen) atoms. The number of hydrogen-bond donors (Lipinski definition) is 0. The lowest BCUT2D eigenvalue weighted by atomic mass is 10.4. The van der Waals surface area contributed by atoms with Crippen LogP contribution in [0.2, 0.25) is 0 Å². The standard InChI is InChI=1S/C7H18N.C2H6FO3P/c1-5-8(4,6-2)7-3;1-2-6-7(3,4)5/h5-7H2,1-4H3;2H2,1H3,(H,4,5)/q+1;/p-1. The van der Waals surface area contributed by atoms with E-state index in [4.69, 9.17) is 0 Å². The van der Waals surface area contributed by atoms with E-state index < -0.39 is 7.91 Å². The fourth-order valence-corrected chi connectivity index (χ4v) is 1.13. The average molecular weight is 243 g/mol. The molecule has 0 radical (unpaired) electrons. The molecule has 0 rings (SSSR count). The number of halogens is 1. The van der Waals surface area contributed by atoms with Crippen molar-refractivity contribution in [3.8, 4) is 0 Å². The minimum absolute atomic E-state index is 0.142. The molecule has 1 unspecified atom stereocenters. The van der Waals surface area contributed by atoms with Crippen molar-refractivity contribution in [1.82, 2.24) is 0 Å². The molecule has 0 bridgehead atoms. The first-order valence-corrected chi connectivity index (χ1v) is 6.66. The maximum absolute atomic E-state index is 11.2. The quantitative estimate of drug-likeness (QED) is 0.547. The van der Waals surface area contributed by atoms with Gasteiger partial charge >= 0.3 is 7.91 Å². The Labute approximate surface area is 92.3 Å². The van der Waals surface area contributed by atoms with Crippen LogP contribution in [0.1, 0.15) is 27.7 Å². The molecule has 0 aromatic heterocycles. The zero-order chi connectivity index (χ0) is 12.5. The van der Waals surface area contributed by atoms with Crippen molar-refractivity contribution < 1.29 is 22.7 Å². The summed E-state index contributed by atoms with van der Waals surface area (Å²) in [5.41, 5.74) is 0. The minimum atomic E-state index is -4.92. The maximum atomic E-state index is 11.2. The van der Waals surface area contributed by atoms with E-state index in [-0.39, 0.29) is 6.61 Å². The first kappa shape index (κ1) is 17.4. The third kappa shape index (κ3) is 12.0. The van der Waals surface area contributed by atoms with Crippen LogP contribution in [0.5, 0.6) is 0 Å². The lowest BCUT2D eigenvalue weighted by Gasteiger charge is -2.30. The lowest BCUT2D eigenvalue weighted by molar-refractivity contribution is -0.904. The second kappa shape index (κ2) is 8.22. The molecule has 0 amide bonds. The van der Waals surface area contributed by atoms with Gasteiger partial charge in [0, 0.05) is 0 Å². The zero-order valence-electron chi connectivity index (χ0n) is 10.3. The second-order valence-electron chi connectivity index (χ2n) is 3.42. The van der Waals surface area contributed by atoms with Crippen LogP contribution in [0.4, 0.5) is 4.20 Å². The van der Waals surface area contributed by atoms with Crippen LogP contribution in [0.15, 0.2) is 0 Å². The molecule has 4 nitrogen and oxygen atoms in total. The summed E-state index contributed by atoms with van der Waals surface area (Å²) in [5.74, 6) is 0.